The van der Waals surface area contributed by atoms with Crippen LogP contribution in [0.25, 0.3) is 0 Å². The third kappa shape index (κ3) is 2.75. The molecule has 19 heavy (non-hydrogen) atoms. The Morgan fingerprint density at radius 2 is 2.00 bits per heavy atom. The number of benzene rings is 1. The molecule has 0 amide bonds. The van der Waals surface area contributed by atoms with Crippen LogP contribution >= 0.6 is 0 Å². The van der Waals surface area contributed by atoms with Gasteiger partial charge < -0.3 is 0 Å². The average Bonchev–Trinajstić information content (AvgIpc) is 2.48. The summed E-state index contributed by atoms with van der Waals surface area (Å²) in [5.74, 6) is 0. The molecule has 2 saturated heterocycles. The quantitative estimate of drug-likeness (QED) is 0.767. The number of fused-ring (bicyclic) bond motifs is 1. The van der Waals surface area contributed by atoms with Crippen molar-refractivity contribution in [2.75, 3.05) is 26.2 Å². The van der Waals surface area contributed by atoms with Crippen molar-refractivity contribution >= 4 is 0 Å². The minimum Gasteiger partial charge on any atom is -0.297 e. The van der Waals surface area contributed by atoms with E-state index < -0.39 is 0 Å². The number of piperazine rings is 1. The topological polar surface area (TPSA) is 6.48 Å². The Hall–Kier alpha value is -1.12. The fourth-order valence-electron chi connectivity index (χ4n) is 3.60. The first-order valence-corrected chi connectivity index (χ1v) is 7.52. The maximum absolute atomic E-state index is 3.93. The van der Waals surface area contributed by atoms with Crippen molar-refractivity contribution in [3.8, 4) is 0 Å². The SMILES string of the molecule is C=CCN1CC2CCCCN2CC1c1ccccc1. The van der Waals surface area contributed by atoms with Gasteiger partial charge in [0.1, 0.15) is 0 Å². The third-order valence-corrected chi connectivity index (χ3v) is 4.59. The fraction of sp³-hybridized carbons (Fsp3) is 0.529. The highest BCUT2D eigenvalue weighted by Crippen LogP contribution is 2.31. The molecule has 0 spiro atoms. The molecule has 0 N–H and O–H groups in total. The molecule has 2 heteroatoms. The van der Waals surface area contributed by atoms with Gasteiger partial charge in [-0.2, -0.15) is 0 Å². The molecule has 2 heterocycles. The fourth-order valence-corrected chi connectivity index (χ4v) is 3.60. The minimum atomic E-state index is 0.536. The lowest BCUT2D eigenvalue weighted by molar-refractivity contribution is 0.0143. The van der Waals surface area contributed by atoms with Crippen LogP contribution in [-0.4, -0.2) is 42.0 Å². The Labute approximate surface area is 116 Å². The highest BCUT2D eigenvalue weighted by atomic mass is 15.3. The Bertz CT molecular complexity index is 415. The first-order chi connectivity index (χ1) is 9.38. The minimum absolute atomic E-state index is 0.536. The summed E-state index contributed by atoms with van der Waals surface area (Å²) in [5.41, 5.74) is 1.45. The van der Waals surface area contributed by atoms with E-state index in [1.165, 1.54) is 44.5 Å². The Morgan fingerprint density at radius 1 is 1.16 bits per heavy atom. The normalized spacial score (nSPS) is 28.8. The predicted octanol–water partition coefficient (Wildman–Crippen LogP) is 3.08. The van der Waals surface area contributed by atoms with Gasteiger partial charge in [0.05, 0.1) is 0 Å². The van der Waals surface area contributed by atoms with Crippen molar-refractivity contribution in [2.24, 2.45) is 0 Å². The maximum atomic E-state index is 3.93. The number of hydrogen-bond donors (Lipinski definition) is 0. The largest absolute Gasteiger partial charge is 0.297 e. The van der Waals surface area contributed by atoms with Crippen molar-refractivity contribution < 1.29 is 0 Å². The number of rotatable bonds is 3. The second-order valence-corrected chi connectivity index (χ2v) is 5.81. The standard InChI is InChI=1S/C17H24N2/c1-2-11-19-13-16-10-6-7-12-18(16)14-17(19)15-8-4-3-5-9-15/h2-5,8-9,16-17H,1,6-7,10-14H2. The van der Waals surface area contributed by atoms with Crippen molar-refractivity contribution in [3.63, 3.8) is 0 Å². The molecule has 1 aromatic carbocycles. The molecule has 0 aliphatic carbocycles. The van der Waals surface area contributed by atoms with E-state index in [9.17, 15) is 0 Å². The van der Waals surface area contributed by atoms with E-state index in [-0.39, 0.29) is 0 Å². The molecule has 2 aliphatic rings. The van der Waals surface area contributed by atoms with Crippen molar-refractivity contribution in [1.29, 1.82) is 0 Å². The van der Waals surface area contributed by atoms with Crippen LogP contribution in [0.2, 0.25) is 0 Å². The number of piperidine rings is 1. The zero-order chi connectivity index (χ0) is 13.1. The van der Waals surface area contributed by atoms with Crippen LogP contribution in [0.15, 0.2) is 43.0 Å². The maximum Gasteiger partial charge on any atom is 0.0479 e. The average molecular weight is 256 g/mol. The first kappa shape index (κ1) is 12.9. The molecule has 2 nitrogen and oxygen atoms in total. The van der Waals surface area contributed by atoms with Crippen LogP contribution in [0.1, 0.15) is 30.9 Å². The van der Waals surface area contributed by atoms with Crippen LogP contribution < -0.4 is 0 Å². The summed E-state index contributed by atoms with van der Waals surface area (Å²) in [4.78, 5) is 5.32. The van der Waals surface area contributed by atoms with E-state index in [1.54, 1.807) is 0 Å². The van der Waals surface area contributed by atoms with Crippen molar-refractivity contribution in [2.45, 2.75) is 31.3 Å². The molecular formula is C17H24N2. The Morgan fingerprint density at radius 3 is 2.79 bits per heavy atom. The lowest BCUT2D eigenvalue weighted by Gasteiger charge is -2.48. The zero-order valence-corrected chi connectivity index (χ0v) is 11.7. The van der Waals surface area contributed by atoms with Gasteiger partial charge in [-0.05, 0) is 24.9 Å². The van der Waals surface area contributed by atoms with Gasteiger partial charge in [0.15, 0.2) is 0 Å². The summed E-state index contributed by atoms with van der Waals surface area (Å²) >= 11 is 0. The lowest BCUT2D eigenvalue weighted by atomic mass is 9.93. The van der Waals surface area contributed by atoms with Crippen LogP contribution in [0.5, 0.6) is 0 Å². The number of nitrogens with zero attached hydrogens (tertiary/aromatic N) is 2. The molecule has 2 atom stereocenters. The second kappa shape index (κ2) is 5.89. The van der Waals surface area contributed by atoms with Crippen molar-refractivity contribution in [3.05, 3.63) is 48.6 Å². The summed E-state index contributed by atoms with van der Waals surface area (Å²) in [5, 5.41) is 0. The van der Waals surface area contributed by atoms with E-state index >= 15 is 0 Å². The Balaban J connectivity index is 1.81. The summed E-state index contributed by atoms with van der Waals surface area (Å²) in [6.07, 6.45) is 6.20. The smallest absolute Gasteiger partial charge is 0.0479 e. The lowest BCUT2D eigenvalue weighted by Crippen LogP contribution is -2.55. The van der Waals surface area contributed by atoms with Gasteiger partial charge in [-0.1, -0.05) is 42.8 Å². The van der Waals surface area contributed by atoms with E-state index in [1.807, 2.05) is 0 Å². The van der Waals surface area contributed by atoms with Gasteiger partial charge in [0, 0.05) is 31.7 Å². The molecule has 102 valence electrons. The summed E-state index contributed by atoms with van der Waals surface area (Å²) < 4.78 is 0. The van der Waals surface area contributed by atoms with E-state index in [0.29, 0.717) is 6.04 Å². The highest BCUT2D eigenvalue weighted by Gasteiger charge is 2.34. The molecule has 3 rings (SSSR count). The van der Waals surface area contributed by atoms with Crippen molar-refractivity contribution in [1.82, 2.24) is 9.80 Å². The van der Waals surface area contributed by atoms with Gasteiger partial charge in [-0.25, -0.2) is 0 Å². The zero-order valence-electron chi connectivity index (χ0n) is 11.7. The van der Waals surface area contributed by atoms with Crippen LogP contribution in [-0.2, 0) is 0 Å². The van der Waals surface area contributed by atoms with Gasteiger partial charge in [-0.3, -0.25) is 9.80 Å². The van der Waals surface area contributed by atoms with E-state index in [2.05, 4.69) is 52.8 Å². The van der Waals surface area contributed by atoms with Gasteiger partial charge >= 0.3 is 0 Å². The summed E-state index contributed by atoms with van der Waals surface area (Å²) in [7, 11) is 0. The molecule has 2 fully saturated rings. The van der Waals surface area contributed by atoms with Gasteiger partial charge in [0.2, 0.25) is 0 Å². The van der Waals surface area contributed by atoms with Crippen LogP contribution in [0.3, 0.4) is 0 Å². The molecule has 2 aliphatic heterocycles. The first-order valence-electron chi connectivity index (χ1n) is 7.52. The van der Waals surface area contributed by atoms with Gasteiger partial charge in [-0.15, -0.1) is 6.58 Å². The van der Waals surface area contributed by atoms with Crippen LogP contribution in [0.4, 0.5) is 0 Å². The predicted molar refractivity (Wildman–Crippen MR) is 80.2 cm³/mol. The third-order valence-electron chi connectivity index (χ3n) is 4.59. The molecule has 0 aromatic heterocycles. The number of hydrogen-bond acceptors (Lipinski definition) is 2. The summed E-state index contributed by atoms with van der Waals surface area (Å²) in [6, 6.07) is 12.3. The van der Waals surface area contributed by atoms with Gasteiger partial charge in [0.25, 0.3) is 0 Å². The highest BCUT2D eigenvalue weighted by molar-refractivity contribution is 5.20. The van der Waals surface area contributed by atoms with Crippen LogP contribution in [0, 0.1) is 0 Å². The Kier molecular flexibility index (Phi) is 4.00. The van der Waals surface area contributed by atoms with E-state index in [0.717, 1.165) is 12.6 Å². The molecule has 0 saturated carbocycles. The molecule has 1 aromatic rings. The molecule has 0 radical (unpaired) electrons. The summed E-state index contributed by atoms with van der Waals surface area (Å²) in [6.45, 7) is 8.61. The monoisotopic (exact) mass is 256 g/mol. The van der Waals surface area contributed by atoms with E-state index in [4.69, 9.17) is 0 Å². The molecular weight excluding hydrogens is 232 g/mol. The second-order valence-electron chi connectivity index (χ2n) is 5.81. The molecule has 0 bridgehead atoms. The molecule has 2 unspecified atom stereocenters.